The van der Waals surface area contributed by atoms with Crippen molar-refractivity contribution in [3.8, 4) is 5.75 Å². The van der Waals surface area contributed by atoms with Crippen molar-refractivity contribution in [3.63, 3.8) is 0 Å². The maximum Gasteiger partial charge on any atom is 0.260 e. The number of hydrogen-bond acceptors (Lipinski definition) is 4. The number of piperidine rings is 1. The maximum absolute atomic E-state index is 12.8. The molecule has 1 aromatic carbocycles. The van der Waals surface area contributed by atoms with Crippen LogP contribution in [-0.2, 0) is 16.6 Å². The molecule has 1 aliphatic heterocycles. The van der Waals surface area contributed by atoms with Crippen LogP contribution >= 0.6 is 23.2 Å². The second kappa shape index (κ2) is 8.13. The van der Waals surface area contributed by atoms with Crippen LogP contribution in [0.4, 0.5) is 0 Å². The highest BCUT2D eigenvalue weighted by Crippen LogP contribution is 2.33. The van der Waals surface area contributed by atoms with Crippen molar-refractivity contribution in [2.24, 2.45) is 5.92 Å². The van der Waals surface area contributed by atoms with Crippen molar-refractivity contribution in [1.82, 2.24) is 9.29 Å². The van der Waals surface area contributed by atoms with Crippen LogP contribution in [0.2, 0.25) is 10.0 Å². The second-order valence-electron chi connectivity index (χ2n) is 6.39. The molecule has 0 saturated carbocycles. The van der Waals surface area contributed by atoms with Crippen LogP contribution < -0.4 is 4.74 Å². The minimum atomic E-state index is -3.59. The molecule has 0 aliphatic carbocycles. The van der Waals surface area contributed by atoms with Crippen LogP contribution in [0.5, 0.6) is 5.75 Å². The molecule has 5 nitrogen and oxygen atoms in total. The molecule has 140 valence electrons. The highest BCUT2D eigenvalue weighted by Gasteiger charge is 2.29. The Bertz CT molecular complexity index is 862. The number of sulfonamides is 1. The Hall–Kier alpha value is -1.34. The summed E-state index contributed by atoms with van der Waals surface area (Å²) >= 11 is 12.2. The Labute approximate surface area is 163 Å². The van der Waals surface area contributed by atoms with Crippen LogP contribution in [0.15, 0.2) is 41.4 Å². The van der Waals surface area contributed by atoms with E-state index in [1.807, 2.05) is 0 Å². The normalized spacial score (nSPS) is 16.6. The Balaban J connectivity index is 1.76. The summed E-state index contributed by atoms with van der Waals surface area (Å²) in [6.45, 7) is 3.27. The first-order valence-electron chi connectivity index (χ1n) is 8.41. The standard InChI is InChI=1S/C18H20Cl2N2O3S/c1-13-8-10-22(11-9-13)26(23,24)17-7-2-4-14(21-17)12-25-18-15(19)5-3-6-16(18)20/h2-7,13H,8-12H2,1H3. The summed E-state index contributed by atoms with van der Waals surface area (Å²) in [5.74, 6) is 0.908. The number of pyridine rings is 1. The fourth-order valence-electron chi connectivity index (χ4n) is 2.81. The van der Waals surface area contributed by atoms with E-state index < -0.39 is 10.0 Å². The molecule has 2 heterocycles. The van der Waals surface area contributed by atoms with E-state index in [0.29, 0.717) is 40.5 Å². The Morgan fingerprint density at radius 1 is 1.12 bits per heavy atom. The summed E-state index contributed by atoms with van der Waals surface area (Å²) < 4.78 is 32.8. The van der Waals surface area contributed by atoms with Crippen LogP contribution in [0.1, 0.15) is 25.5 Å². The molecule has 1 aromatic heterocycles. The van der Waals surface area contributed by atoms with Crippen molar-refractivity contribution in [2.75, 3.05) is 13.1 Å². The third-order valence-electron chi connectivity index (χ3n) is 4.41. The summed E-state index contributed by atoms with van der Waals surface area (Å²) in [7, 11) is -3.59. The molecule has 0 spiro atoms. The van der Waals surface area contributed by atoms with Gasteiger partial charge in [0.15, 0.2) is 10.8 Å². The SMILES string of the molecule is CC1CCN(S(=O)(=O)c2cccc(COc3c(Cl)cccc3Cl)n2)CC1. The first kappa shape index (κ1) is 19.4. The molecule has 1 aliphatic rings. The largest absolute Gasteiger partial charge is 0.484 e. The van der Waals surface area contributed by atoms with Gasteiger partial charge in [0.2, 0.25) is 0 Å². The van der Waals surface area contributed by atoms with E-state index >= 15 is 0 Å². The molecule has 0 atom stereocenters. The summed E-state index contributed by atoms with van der Waals surface area (Å²) in [4.78, 5) is 4.27. The molecule has 0 bridgehead atoms. The van der Waals surface area contributed by atoms with Gasteiger partial charge in [-0.15, -0.1) is 0 Å². The van der Waals surface area contributed by atoms with Gasteiger partial charge >= 0.3 is 0 Å². The fraction of sp³-hybridized carbons (Fsp3) is 0.389. The van der Waals surface area contributed by atoms with Crippen molar-refractivity contribution in [2.45, 2.75) is 31.4 Å². The van der Waals surface area contributed by atoms with E-state index in [1.165, 1.54) is 10.4 Å². The average molecular weight is 415 g/mol. The van der Waals surface area contributed by atoms with E-state index in [0.717, 1.165) is 12.8 Å². The van der Waals surface area contributed by atoms with Crippen molar-refractivity contribution < 1.29 is 13.2 Å². The van der Waals surface area contributed by atoms with Crippen molar-refractivity contribution in [3.05, 3.63) is 52.1 Å². The Morgan fingerprint density at radius 2 is 1.73 bits per heavy atom. The third kappa shape index (κ3) is 4.31. The highest BCUT2D eigenvalue weighted by molar-refractivity contribution is 7.89. The molecule has 8 heteroatoms. The molecule has 1 fully saturated rings. The molecule has 0 amide bonds. The molecule has 26 heavy (non-hydrogen) atoms. The van der Waals surface area contributed by atoms with Gasteiger partial charge in [-0.25, -0.2) is 13.4 Å². The lowest BCUT2D eigenvalue weighted by atomic mass is 10.0. The van der Waals surface area contributed by atoms with Crippen LogP contribution in [0.3, 0.4) is 0 Å². The molecule has 3 rings (SSSR count). The predicted octanol–water partition coefficient (Wildman–Crippen LogP) is 4.39. The molecule has 0 unspecified atom stereocenters. The molecular formula is C18H20Cl2N2O3S. The molecular weight excluding hydrogens is 395 g/mol. The van der Waals surface area contributed by atoms with Gasteiger partial charge in [-0.2, -0.15) is 4.31 Å². The van der Waals surface area contributed by atoms with Gasteiger partial charge in [0.25, 0.3) is 10.0 Å². The summed E-state index contributed by atoms with van der Waals surface area (Å²) in [5.41, 5.74) is 0.493. The van der Waals surface area contributed by atoms with Crippen molar-refractivity contribution in [1.29, 1.82) is 0 Å². The fourth-order valence-corrected chi connectivity index (χ4v) is 4.75. The number of nitrogens with zero attached hydrogens (tertiary/aromatic N) is 2. The first-order valence-corrected chi connectivity index (χ1v) is 10.6. The topological polar surface area (TPSA) is 59.5 Å². The molecule has 0 N–H and O–H groups in total. The van der Waals surface area contributed by atoms with Gasteiger partial charge < -0.3 is 4.74 Å². The minimum Gasteiger partial charge on any atom is -0.484 e. The summed E-state index contributed by atoms with van der Waals surface area (Å²) in [6, 6.07) is 9.96. The van der Waals surface area contributed by atoms with Crippen molar-refractivity contribution >= 4 is 33.2 Å². The number of ether oxygens (including phenoxy) is 1. The number of benzene rings is 1. The predicted molar refractivity (Wildman–Crippen MR) is 102 cm³/mol. The minimum absolute atomic E-state index is 0.0402. The first-order chi connectivity index (χ1) is 12.4. The van der Waals surface area contributed by atoms with Crippen LogP contribution in [0, 0.1) is 5.92 Å². The van der Waals surface area contributed by atoms with Gasteiger partial charge in [-0.3, -0.25) is 0 Å². The quantitative estimate of drug-likeness (QED) is 0.727. The van der Waals surface area contributed by atoms with Gasteiger partial charge in [0.05, 0.1) is 15.7 Å². The van der Waals surface area contributed by atoms with E-state index in [4.69, 9.17) is 27.9 Å². The molecule has 1 saturated heterocycles. The van der Waals surface area contributed by atoms with Gasteiger partial charge in [-0.05, 0) is 43.0 Å². The van der Waals surface area contributed by atoms with Gasteiger partial charge in [-0.1, -0.05) is 42.3 Å². The van der Waals surface area contributed by atoms with E-state index in [1.54, 1.807) is 30.3 Å². The summed E-state index contributed by atoms with van der Waals surface area (Å²) in [6.07, 6.45) is 1.74. The zero-order valence-electron chi connectivity index (χ0n) is 14.4. The zero-order valence-corrected chi connectivity index (χ0v) is 16.7. The third-order valence-corrected chi connectivity index (χ3v) is 6.81. The number of aromatic nitrogens is 1. The average Bonchev–Trinajstić information content (AvgIpc) is 2.62. The van der Waals surface area contributed by atoms with Crippen LogP contribution in [-0.4, -0.2) is 30.8 Å². The van der Waals surface area contributed by atoms with Gasteiger partial charge in [0, 0.05) is 13.1 Å². The summed E-state index contributed by atoms with van der Waals surface area (Å²) in [5, 5.41) is 0.825. The zero-order chi connectivity index (χ0) is 18.7. The smallest absolute Gasteiger partial charge is 0.260 e. The van der Waals surface area contributed by atoms with E-state index in [2.05, 4.69) is 11.9 Å². The lowest BCUT2D eigenvalue weighted by Crippen LogP contribution is -2.38. The lowest BCUT2D eigenvalue weighted by Gasteiger charge is -2.29. The van der Waals surface area contributed by atoms with Gasteiger partial charge in [0.1, 0.15) is 6.61 Å². The monoisotopic (exact) mass is 414 g/mol. The molecule has 2 aromatic rings. The second-order valence-corrected chi connectivity index (χ2v) is 9.09. The van der Waals surface area contributed by atoms with E-state index in [-0.39, 0.29) is 11.6 Å². The Kier molecular flexibility index (Phi) is 6.07. The Morgan fingerprint density at radius 3 is 2.38 bits per heavy atom. The number of para-hydroxylation sites is 1. The van der Waals surface area contributed by atoms with E-state index in [9.17, 15) is 8.42 Å². The maximum atomic E-state index is 12.8. The number of rotatable bonds is 5. The highest BCUT2D eigenvalue weighted by atomic mass is 35.5. The molecule has 0 radical (unpaired) electrons. The lowest BCUT2D eigenvalue weighted by molar-refractivity contribution is 0.286. The number of halogens is 2. The number of hydrogen-bond donors (Lipinski definition) is 0. The van der Waals surface area contributed by atoms with Crippen LogP contribution in [0.25, 0.3) is 0 Å².